The number of nitrogens with zero attached hydrogens (tertiary/aromatic N) is 1. The minimum Gasteiger partial charge on any atom is -0.495 e. The summed E-state index contributed by atoms with van der Waals surface area (Å²) in [6.45, 7) is 2.45. The smallest absolute Gasteiger partial charge is 0.179 e. The second kappa shape index (κ2) is 6.85. The van der Waals surface area contributed by atoms with Crippen LogP contribution in [0.3, 0.4) is 0 Å². The van der Waals surface area contributed by atoms with Gasteiger partial charge in [0.15, 0.2) is 5.78 Å². The van der Waals surface area contributed by atoms with E-state index in [0.29, 0.717) is 23.5 Å². The summed E-state index contributed by atoms with van der Waals surface area (Å²) >= 11 is 0. The molecule has 0 saturated heterocycles. The molecule has 2 rings (SSSR count). The third-order valence-electron chi connectivity index (χ3n) is 3.27. The monoisotopic (exact) mass is 285 g/mol. The minimum atomic E-state index is -0.300. The second-order valence-electron chi connectivity index (χ2n) is 4.78. The number of hydrogen-bond donors (Lipinski definition) is 2. The highest BCUT2D eigenvalue weighted by molar-refractivity contribution is 6.00. The summed E-state index contributed by atoms with van der Waals surface area (Å²) in [6.07, 6.45) is 3.46. The fourth-order valence-corrected chi connectivity index (χ4v) is 2.00. The number of nitrogens with one attached hydrogen (secondary N) is 1. The van der Waals surface area contributed by atoms with Crippen LogP contribution in [0.1, 0.15) is 22.8 Å². The molecule has 0 fully saturated rings. The van der Waals surface area contributed by atoms with Crippen LogP contribution in [-0.2, 0) is 6.54 Å². The van der Waals surface area contributed by atoms with E-state index in [1.54, 1.807) is 37.7 Å². The fraction of sp³-hybridized carbons (Fsp3) is 0.250. The number of rotatable bonds is 6. The molecule has 0 aliphatic heterocycles. The molecule has 1 unspecified atom stereocenters. The van der Waals surface area contributed by atoms with E-state index in [-0.39, 0.29) is 11.8 Å². The molecule has 0 amide bonds. The lowest BCUT2D eigenvalue weighted by Crippen LogP contribution is -2.33. The number of Topliss-reactive ketones (excluding diaryl/α,β-unsaturated/α-hetero) is 1. The van der Waals surface area contributed by atoms with Gasteiger partial charge in [-0.25, -0.2) is 0 Å². The lowest BCUT2D eigenvalue weighted by Gasteiger charge is -2.14. The van der Waals surface area contributed by atoms with Crippen LogP contribution in [0.5, 0.6) is 5.75 Å². The molecule has 0 aliphatic rings. The summed E-state index contributed by atoms with van der Waals surface area (Å²) in [5, 5.41) is 3.20. The standard InChI is InChI=1S/C16H19N3O2/c1-11(19-10-12-5-7-18-8-6-12)16(20)13-3-4-15(21-2)14(17)9-13/h3-9,11,19H,10,17H2,1-2H3. The van der Waals surface area contributed by atoms with Crippen LogP contribution in [0.25, 0.3) is 0 Å². The summed E-state index contributed by atoms with van der Waals surface area (Å²) in [5.74, 6) is 0.572. The number of anilines is 1. The van der Waals surface area contributed by atoms with Crippen LogP contribution in [0.4, 0.5) is 5.69 Å². The quantitative estimate of drug-likeness (QED) is 0.627. The molecule has 5 nitrogen and oxygen atoms in total. The lowest BCUT2D eigenvalue weighted by atomic mass is 10.0. The Morgan fingerprint density at radius 2 is 2.05 bits per heavy atom. The molecule has 0 bridgehead atoms. The Morgan fingerprint density at radius 3 is 2.67 bits per heavy atom. The number of benzene rings is 1. The Kier molecular flexibility index (Phi) is 4.90. The largest absolute Gasteiger partial charge is 0.495 e. The number of ether oxygens (including phenoxy) is 1. The number of nitrogen functional groups attached to an aromatic ring is 1. The minimum absolute atomic E-state index is 0.00147. The first kappa shape index (κ1) is 15.0. The lowest BCUT2D eigenvalue weighted by molar-refractivity contribution is 0.0950. The number of hydrogen-bond acceptors (Lipinski definition) is 5. The Labute approximate surface area is 124 Å². The molecule has 0 spiro atoms. The van der Waals surface area contributed by atoms with Crippen molar-refractivity contribution in [2.45, 2.75) is 19.5 Å². The van der Waals surface area contributed by atoms with Crippen LogP contribution in [0.2, 0.25) is 0 Å². The predicted molar refractivity (Wildman–Crippen MR) is 82.3 cm³/mol. The molecule has 0 saturated carbocycles. The highest BCUT2D eigenvalue weighted by atomic mass is 16.5. The van der Waals surface area contributed by atoms with Gasteiger partial charge in [-0.3, -0.25) is 9.78 Å². The Hall–Kier alpha value is -2.40. The molecule has 2 aromatic rings. The molecule has 1 heterocycles. The topological polar surface area (TPSA) is 77.2 Å². The van der Waals surface area contributed by atoms with Crippen molar-refractivity contribution in [3.63, 3.8) is 0 Å². The predicted octanol–water partition coefficient (Wildman–Crippen LogP) is 2.03. The molecule has 1 aromatic carbocycles. The van der Waals surface area contributed by atoms with Crippen molar-refractivity contribution in [1.82, 2.24) is 10.3 Å². The van der Waals surface area contributed by atoms with Crippen LogP contribution < -0.4 is 15.8 Å². The highest BCUT2D eigenvalue weighted by Crippen LogP contribution is 2.22. The van der Waals surface area contributed by atoms with Gasteiger partial charge in [0.1, 0.15) is 5.75 Å². The summed E-state index contributed by atoms with van der Waals surface area (Å²) in [6, 6.07) is 8.60. The van der Waals surface area contributed by atoms with Gasteiger partial charge in [0.25, 0.3) is 0 Å². The first-order valence-electron chi connectivity index (χ1n) is 6.72. The average molecular weight is 285 g/mol. The number of nitrogens with two attached hydrogens (primary N) is 1. The van der Waals surface area contributed by atoms with Gasteiger partial charge in [-0.05, 0) is 42.8 Å². The summed E-state index contributed by atoms with van der Waals surface area (Å²) in [4.78, 5) is 16.3. The van der Waals surface area contributed by atoms with E-state index in [1.165, 1.54) is 0 Å². The molecule has 21 heavy (non-hydrogen) atoms. The SMILES string of the molecule is COc1ccc(C(=O)C(C)NCc2ccncc2)cc1N. The zero-order chi connectivity index (χ0) is 15.2. The fourth-order valence-electron chi connectivity index (χ4n) is 2.00. The maximum atomic E-state index is 12.3. The van der Waals surface area contributed by atoms with Gasteiger partial charge in [-0.2, -0.15) is 0 Å². The molecular formula is C16H19N3O2. The van der Waals surface area contributed by atoms with Crippen molar-refractivity contribution in [2.24, 2.45) is 0 Å². The Bertz CT molecular complexity index is 614. The van der Waals surface area contributed by atoms with E-state index in [2.05, 4.69) is 10.3 Å². The van der Waals surface area contributed by atoms with Gasteiger partial charge in [0.2, 0.25) is 0 Å². The third kappa shape index (κ3) is 3.79. The van der Waals surface area contributed by atoms with Crippen molar-refractivity contribution in [2.75, 3.05) is 12.8 Å². The number of pyridine rings is 1. The Balaban J connectivity index is 2.00. The van der Waals surface area contributed by atoms with E-state index in [0.717, 1.165) is 5.56 Å². The highest BCUT2D eigenvalue weighted by Gasteiger charge is 2.15. The molecule has 1 atom stereocenters. The van der Waals surface area contributed by atoms with Crippen molar-refractivity contribution < 1.29 is 9.53 Å². The number of ketones is 1. The van der Waals surface area contributed by atoms with E-state index in [4.69, 9.17) is 10.5 Å². The van der Waals surface area contributed by atoms with Crippen molar-refractivity contribution in [1.29, 1.82) is 0 Å². The maximum Gasteiger partial charge on any atom is 0.179 e. The van der Waals surface area contributed by atoms with Crippen LogP contribution >= 0.6 is 0 Å². The van der Waals surface area contributed by atoms with Crippen molar-refractivity contribution in [3.05, 3.63) is 53.9 Å². The number of carbonyl (C=O) groups excluding carboxylic acids is 1. The number of carbonyl (C=O) groups is 1. The molecule has 0 aliphatic carbocycles. The number of aromatic nitrogens is 1. The van der Waals surface area contributed by atoms with Gasteiger partial charge in [-0.1, -0.05) is 0 Å². The molecule has 1 aromatic heterocycles. The van der Waals surface area contributed by atoms with Gasteiger partial charge < -0.3 is 15.8 Å². The normalized spacial score (nSPS) is 11.9. The maximum absolute atomic E-state index is 12.3. The summed E-state index contributed by atoms with van der Waals surface area (Å²) in [7, 11) is 1.55. The van der Waals surface area contributed by atoms with E-state index in [1.807, 2.05) is 19.1 Å². The number of methoxy groups -OCH3 is 1. The Morgan fingerprint density at radius 1 is 1.33 bits per heavy atom. The summed E-state index contributed by atoms with van der Waals surface area (Å²) in [5.41, 5.74) is 7.95. The van der Waals surface area contributed by atoms with Gasteiger partial charge >= 0.3 is 0 Å². The van der Waals surface area contributed by atoms with Crippen LogP contribution in [-0.4, -0.2) is 23.9 Å². The van der Waals surface area contributed by atoms with Crippen molar-refractivity contribution >= 4 is 11.5 Å². The van der Waals surface area contributed by atoms with Crippen LogP contribution in [0, 0.1) is 0 Å². The average Bonchev–Trinajstić information content (AvgIpc) is 2.52. The molecule has 5 heteroatoms. The molecule has 0 radical (unpaired) electrons. The van der Waals surface area contributed by atoms with Gasteiger partial charge in [-0.15, -0.1) is 0 Å². The van der Waals surface area contributed by atoms with Crippen LogP contribution in [0.15, 0.2) is 42.7 Å². The first-order chi connectivity index (χ1) is 10.1. The zero-order valence-electron chi connectivity index (χ0n) is 12.2. The van der Waals surface area contributed by atoms with E-state index in [9.17, 15) is 4.79 Å². The van der Waals surface area contributed by atoms with E-state index >= 15 is 0 Å². The molecule has 3 N–H and O–H groups in total. The van der Waals surface area contributed by atoms with E-state index < -0.39 is 0 Å². The second-order valence-corrected chi connectivity index (χ2v) is 4.78. The summed E-state index contributed by atoms with van der Waals surface area (Å²) < 4.78 is 5.09. The zero-order valence-corrected chi connectivity index (χ0v) is 12.2. The van der Waals surface area contributed by atoms with Gasteiger partial charge in [0, 0.05) is 24.5 Å². The first-order valence-corrected chi connectivity index (χ1v) is 6.72. The third-order valence-corrected chi connectivity index (χ3v) is 3.27. The van der Waals surface area contributed by atoms with Crippen molar-refractivity contribution in [3.8, 4) is 5.75 Å². The van der Waals surface area contributed by atoms with Gasteiger partial charge in [0.05, 0.1) is 18.8 Å². The molecule has 110 valence electrons. The molecular weight excluding hydrogens is 266 g/mol.